The van der Waals surface area contributed by atoms with E-state index >= 15 is 0 Å². The van der Waals surface area contributed by atoms with Crippen LogP contribution in [0.1, 0.15) is 30.4 Å². The van der Waals surface area contributed by atoms with E-state index < -0.39 is 29.1 Å². The molecule has 0 aliphatic carbocycles. The fraction of sp³-hybridized carbons (Fsp3) is 0.455. The van der Waals surface area contributed by atoms with Gasteiger partial charge in [-0.25, -0.2) is 0 Å². The highest BCUT2D eigenvalue weighted by Gasteiger charge is 2.35. The molecule has 0 saturated carbocycles. The van der Waals surface area contributed by atoms with E-state index in [4.69, 9.17) is 0 Å². The predicted octanol–water partition coefficient (Wildman–Crippen LogP) is 3.48. The average Bonchev–Trinajstić information content (AvgIpc) is 2.24. The molecule has 1 atom stereocenters. The standard InChI is InChI=1S/C11H12F3NO2/c1-2-8(7-15(16)17)9-5-3-4-6-10(9)11(12,13)14/h3-6,8H,2,7H2,1H3. The Balaban J connectivity index is 3.15. The number of benzene rings is 1. The fourth-order valence-electron chi connectivity index (χ4n) is 1.74. The zero-order valence-corrected chi connectivity index (χ0v) is 9.20. The van der Waals surface area contributed by atoms with Crippen LogP contribution in [0.4, 0.5) is 13.2 Å². The molecular formula is C11H12F3NO2. The Morgan fingerprint density at radius 3 is 2.41 bits per heavy atom. The number of nitro groups is 1. The van der Waals surface area contributed by atoms with E-state index in [-0.39, 0.29) is 5.56 Å². The molecular weight excluding hydrogens is 235 g/mol. The van der Waals surface area contributed by atoms with Gasteiger partial charge in [-0.1, -0.05) is 25.1 Å². The number of alkyl halides is 3. The molecule has 3 nitrogen and oxygen atoms in total. The van der Waals surface area contributed by atoms with Gasteiger partial charge in [0.1, 0.15) is 0 Å². The molecule has 0 aliphatic rings. The van der Waals surface area contributed by atoms with Gasteiger partial charge in [-0.15, -0.1) is 0 Å². The summed E-state index contributed by atoms with van der Waals surface area (Å²) in [4.78, 5) is 9.85. The summed E-state index contributed by atoms with van der Waals surface area (Å²) >= 11 is 0. The molecule has 1 aromatic carbocycles. The van der Waals surface area contributed by atoms with Gasteiger partial charge in [0.05, 0.1) is 5.56 Å². The Bertz CT molecular complexity index is 404. The summed E-state index contributed by atoms with van der Waals surface area (Å²) in [5.41, 5.74) is -0.784. The van der Waals surface area contributed by atoms with Gasteiger partial charge in [-0.2, -0.15) is 13.2 Å². The second-order valence-electron chi connectivity index (χ2n) is 3.71. The monoisotopic (exact) mass is 247 g/mol. The molecule has 0 fully saturated rings. The first kappa shape index (κ1) is 13.5. The molecule has 0 amide bonds. The van der Waals surface area contributed by atoms with Crippen LogP contribution in [0.2, 0.25) is 0 Å². The van der Waals surface area contributed by atoms with Crippen LogP contribution in [0.5, 0.6) is 0 Å². The molecule has 0 saturated heterocycles. The quantitative estimate of drug-likeness (QED) is 0.604. The molecule has 1 unspecified atom stereocenters. The van der Waals surface area contributed by atoms with Gasteiger partial charge in [-0.05, 0) is 18.1 Å². The lowest BCUT2D eigenvalue weighted by molar-refractivity contribution is -0.483. The molecule has 1 aromatic rings. The molecule has 0 aliphatic heterocycles. The van der Waals surface area contributed by atoms with Crippen molar-refractivity contribution in [3.8, 4) is 0 Å². The minimum atomic E-state index is -4.47. The fourth-order valence-corrected chi connectivity index (χ4v) is 1.74. The van der Waals surface area contributed by atoms with Gasteiger partial charge in [0.2, 0.25) is 6.54 Å². The van der Waals surface area contributed by atoms with E-state index in [0.717, 1.165) is 6.07 Å². The zero-order valence-electron chi connectivity index (χ0n) is 9.20. The predicted molar refractivity (Wildman–Crippen MR) is 56.3 cm³/mol. The van der Waals surface area contributed by atoms with Crippen molar-refractivity contribution in [3.05, 3.63) is 45.5 Å². The van der Waals surface area contributed by atoms with Gasteiger partial charge >= 0.3 is 6.18 Å². The van der Waals surface area contributed by atoms with Crippen LogP contribution < -0.4 is 0 Å². The third-order valence-electron chi connectivity index (χ3n) is 2.57. The SMILES string of the molecule is CCC(C[N+](=O)[O-])c1ccccc1C(F)(F)F. The van der Waals surface area contributed by atoms with Crippen molar-refractivity contribution < 1.29 is 18.1 Å². The summed E-state index contributed by atoms with van der Waals surface area (Å²) in [6.45, 7) is 1.16. The van der Waals surface area contributed by atoms with Crippen molar-refractivity contribution in [2.75, 3.05) is 6.54 Å². The van der Waals surface area contributed by atoms with Crippen molar-refractivity contribution >= 4 is 0 Å². The van der Waals surface area contributed by atoms with Crippen molar-refractivity contribution in [1.82, 2.24) is 0 Å². The number of hydrogen-bond donors (Lipinski definition) is 0. The molecule has 17 heavy (non-hydrogen) atoms. The van der Waals surface area contributed by atoms with Gasteiger partial charge in [-0.3, -0.25) is 10.1 Å². The zero-order chi connectivity index (χ0) is 13.1. The molecule has 0 heterocycles. The Labute approximate surface area is 96.4 Å². The highest BCUT2D eigenvalue weighted by Crippen LogP contribution is 2.36. The Morgan fingerprint density at radius 1 is 1.35 bits per heavy atom. The normalized spacial score (nSPS) is 13.4. The number of rotatable bonds is 4. The van der Waals surface area contributed by atoms with E-state index in [2.05, 4.69) is 0 Å². The number of halogens is 3. The van der Waals surface area contributed by atoms with E-state index in [1.54, 1.807) is 6.92 Å². The molecule has 1 rings (SSSR count). The van der Waals surface area contributed by atoms with Crippen LogP contribution in [0.3, 0.4) is 0 Å². The Morgan fingerprint density at radius 2 is 1.94 bits per heavy atom. The summed E-state index contributed by atoms with van der Waals surface area (Å²) < 4.78 is 38.1. The number of nitrogens with zero attached hydrogens (tertiary/aromatic N) is 1. The number of hydrogen-bond acceptors (Lipinski definition) is 2. The third kappa shape index (κ3) is 3.44. The second-order valence-corrected chi connectivity index (χ2v) is 3.71. The van der Waals surface area contributed by atoms with E-state index in [1.807, 2.05) is 0 Å². The summed E-state index contributed by atoms with van der Waals surface area (Å²) in [6, 6.07) is 5.01. The maximum Gasteiger partial charge on any atom is 0.416 e. The first-order valence-corrected chi connectivity index (χ1v) is 5.14. The van der Waals surface area contributed by atoms with E-state index in [9.17, 15) is 23.3 Å². The average molecular weight is 247 g/mol. The van der Waals surface area contributed by atoms with Crippen LogP contribution in [0.25, 0.3) is 0 Å². The summed E-state index contributed by atoms with van der Waals surface area (Å²) in [5.74, 6) is -0.706. The van der Waals surface area contributed by atoms with E-state index in [0.29, 0.717) is 6.42 Å². The lowest BCUT2D eigenvalue weighted by Gasteiger charge is -2.17. The van der Waals surface area contributed by atoms with Crippen molar-refractivity contribution in [2.45, 2.75) is 25.4 Å². The summed E-state index contributed by atoms with van der Waals surface area (Å²) in [6.07, 6.45) is -4.17. The van der Waals surface area contributed by atoms with Crippen LogP contribution in [-0.2, 0) is 6.18 Å². The smallest absolute Gasteiger partial charge is 0.265 e. The molecule has 6 heteroatoms. The molecule has 0 aromatic heterocycles. The highest BCUT2D eigenvalue weighted by atomic mass is 19.4. The molecule has 0 spiro atoms. The van der Waals surface area contributed by atoms with Gasteiger partial charge in [0.25, 0.3) is 0 Å². The maximum absolute atomic E-state index is 12.7. The van der Waals surface area contributed by atoms with Gasteiger partial charge in [0, 0.05) is 10.8 Å². The minimum absolute atomic E-state index is 0.000741. The molecule has 94 valence electrons. The maximum atomic E-state index is 12.7. The highest BCUT2D eigenvalue weighted by molar-refractivity contribution is 5.32. The van der Waals surface area contributed by atoms with Crippen LogP contribution >= 0.6 is 0 Å². The van der Waals surface area contributed by atoms with Gasteiger partial charge in [0.15, 0.2) is 0 Å². The van der Waals surface area contributed by atoms with E-state index in [1.165, 1.54) is 18.2 Å². The van der Waals surface area contributed by atoms with Crippen molar-refractivity contribution in [2.24, 2.45) is 0 Å². The van der Waals surface area contributed by atoms with Crippen LogP contribution in [0, 0.1) is 10.1 Å². The largest absolute Gasteiger partial charge is 0.416 e. The summed E-state index contributed by atoms with van der Waals surface area (Å²) in [5, 5.41) is 10.4. The third-order valence-corrected chi connectivity index (χ3v) is 2.57. The van der Waals surface area contributed by atoms with Crippen LogP contribution in [-0.4, -0.2) is 11.5 Å². The first-order chi connectivity index (χ1) is 7.86. The summed E-state index contributed by atoms with van der Waals surface area (Å²) in [7, 11) is 0. The molecule has 0 bridgehead atoms. The van der Waals surface area contributed by atoms with Crippen LogP contribution in [0.15, 0.2) is 24.3 Å². The lowest BCUT2D eigenvalue weighted by Crippen LogP contribution is -2.17. The van der Waals surface area contributed by atoms with Crippen molar-refractivity contribution in [3.63, 3.8) is 0 Å². The second kappa shape index (κ2) is 5.16. The Kier molecular flexibility index (Phi) is 4.09. The lowest BCUT2D eigenvalue weighted by atomic mass is 9.92. The van der Waals surface area contributed by atoms with Gasteiger partial charge < -0.3 is 0 Å². The minimum Gasteiger partial charge on any atom is -0.265 e. The van der Waals surface area contributed by atoms with Crippen molar-refractivity contribution in [1.29, 1.82) is 0 Å². The Hall–Kier alpha value is -1.59. The molecule has 0 radical (unpaired) electrons. The first-order valence-electron chi connectivity index (χ1n) is 5.14. The topological polar surface area (TPSA) is 43.1 Å². The molecule has 0 N–H and O–H groups in total.